The molecule has 1 atom stereocenters. The smallest absolute Gasteiger partial charge is 0.241 e. The Kier molecular flexibility index (Phi) is 5.61. The zero-order valence-electron chi connectivity index (χ0n) is 12.4. The molecule has 0 aromatic heterocycles. The number of nitrogens with one attached hydrogen (secondary N) is 1. The minimum Gasteiger partial charge on any atom is -0.497 e. The third kappa shape index (κ3) is 4.09. The number of benzene rings is 2. The lowest BCUT2D eigenvalue weighted by Crippen LogP contribution is -2.28. The molecule has 0 bridgehead atoms. The molecule has 4 nitrogen and oxygen atoms in total. The van der Waals surface area contributed by atoms with Gasteiger partial charge in [-0.2, -0.15) is 0 Å². The largest absolute Gasteiger partial charge is 0.497 e. The predicted octanol–water partition coefficient (Wildman–Crippen LogP) is 3.89. The third-order valence-corrected chi connectivity index (χ3v) is 5.29. The van der Waals surface area contributed by atoms with Crippen LogP contribution in [0.4, 0.5) is 0 Å². The molecule has 0 aliphatic carbocycles. The van der Waals surface area contributed by atoms with E-state index in [1.165, 1.54) is 0 Å². The molecule has 0 amide bonds. The lowest BCUT2D eigenvalue weighted by molar-refractivity contribution is 0.414. The number of sulfonamides is 1. The van der Waals surface area contributed by atoms with Crippen molar-refractivity contribution in [3.8, 4) is 5.75 Å². The standard InChI is InChI=1S/C16H18BrNO3S/c1-3-16(12-7-9-14(21-2)10-8-12)18-22(19,20)15-6-4-5-13(17)11-15/h4-11,16,18H,3H2,1-2H3. The molecular formula is C16H18BrNO3S. The van der Waals surface area contributed by atoms with Gasteiger partial charge in [0.1, 0.15) is 5.75 Å². The van der Waals surface area contributed by atoms with Gasteiger partial charge in [-0.1, -0.05) is 41.1 Å². The van der Waals surface area contributed by atoms with E-state index in [4.69, 9.17) is 4.74 Å². The lowest BCUT2D eigenvalue weighted by atomic mass is 10.1. The van der Waals surface area contributed by atoms with E-state index in [9.17, 15) is 8.42 Å². The first-order valence-electron chi connectivity index (χ1n) is 6.88. The van der Waals surface area contributed by atoms with E-state index in [1.54, 1.807) is 31.4 Å². The molecule has 0 aliphatic rings. The summed E-state index contributed by atoms with van der Waals surface area (Å²) < 4.78 is 33.6. The molecule has 2 rings (SSSR count). The lowest BCUT2D eigenvalue weighted by Gasteiger charge is -2.18. The Balaban J connectivity index is 2.25. The summed E-state index contributed by atoms with van der Waals surface area (Å²) >= 11 is 3.29. The van der Waals surface area contributed by atoms with E-state index in [0.717, 1.165) is 15.8 Å². The second-order valence-corrected chi connectivity index (χ2v) is 7.44. The summed E-state index contributed by atoms with van der Waals surface area (Å²) in [7, 11) is -1.97. The molecule has 0 aliphatic heterocycles. The second kappa shape index (κ2) is 7.26. The highest BCUT2D eigenvalue weighted by atomic mass is 79.9. The number of hydrogen-bond donors (Lipinski definition) is 1. The minimum atomic E-state index is -3.57. The summed E-state index contributed by atoms with van der Waals surface area (Å²) in [5.41, 5.74) is 0.905. The second-order valence-electron chi connectivity index (χ2n) is 4.81. The van der Waals surface area contributed by atoms with Crippen LogP contribution in [0.5, 0.6) is 5.75 Å². The van der Waals surface area contributed by atoms with Gasteiger partial charge in [0.15, 0.2) is 0 Å². The number of rotatable bonds is 6. The van der Waals surface area contributed by atoms with Crippen molar-refractivity contribution in [2.45, 2.75) is 24.3 Å². The van der Waals surface area contributed by atoms with Crippen LogP contribution in [0.2, 0.25) is 0 Å². The molecule has 0 radical (unpaired) electrons. The molecule has 1 N–H and O–H groups in total. The molecule has 22 heavy (non-hydrogen) atoms. The maximum Gasteiger partial charge on any atom is 0.241 e. The molecule has 2 aromatic carbocycles. The van der Waals surface area contributed by atoms with Crippen LogP contribution in [0.1, 0.15) is 24.9 Å². The van der Waals surface area contributed by atoms with Crippen molar-refractivity contribution in [2.75, 3.05) is 7.11 Å². The fourth-order valence-electron chi connectivity index (χ4n) is 2.11. The van der Waals surface area contributed by atoms with Crippen molar-refractivity contribution in [3.63, 3.8) is 0 Å². The SMILES string of the molecule is CCC(NS(=O)(=O)c1cccc(Br)c1)c1ccc(OC)cc1. The number of hydrogen-bond acceptors (Lipinski definition) is 3. The maximum atomic E-state index is 12.5. The Morgan fingerprint density at radius 2 is 1.86 bits per heavy atom. The molecule has 2 aromatic rings. The Labute approximate surface area is 139 Å². The van der Waals surface area contributed by atoms with E-state index in [2.05, 4.69) is 20.7 Å². The Morgan fingerprint density at radius 3 is 2.41 bits per heavy atom. The molecule has 0 saturated heterocycles. The fourth-order valence-corrected chi connectivity index (χ4v) is 4.02. The number of halogens is 1. The average molecular weight is 384 g/mol. The van der Waals surface area contributed by atoms with Crippen molar-refractivity contribution in [2.24, 2.45) is 0 Å². The van der Waals surface area contributed by atoms with E-state index < -0.39 is 10.0 Å². The number of methoxy groups -OCH3 is 1. The van der Waals surface area contributed by atoms with Crippen LogP contribution in [-0.2, 0) is 10.0 Å². The molecule has 6 heteroatoms. The van der Waals surface area contributed by atoms with Crippen LogP contribution in [0.15, 0.2) is 57.9 Å². The average Bonchev–Trinajstić information content (AvgIpc) is 2.53. The van der Waals surface area contributed by atoms with Gasteiger partial charge in [0.2, 0.25) is 10.0 Å². The van der Waals surface area contributed by atoms with Crippen LogP contribution in [0, 0.1) is 0 Å². The zero-order chi connectivity index (χ0) is 16.2. The van der Waals surface area contributed by atoms with Crippen LogP contribution in [0.3, 0.4) is 0 Å². The monoisotopic (exact) mass is 383 g/mol. The van der Waals surface area contributed by atoms with Crippen LogP contribution in [0.25, 0.3) is 0 Å². The normalized spacial score (nSPS) is 12.9. The summed E-state index contributed by atoms with van der Waals surface area (Å²) in [6.45, 7) is 1.94. The van der Waals surface area contributed by atoms with E-state index in [1.807, 2.05) is 31.2 Å². The van der Waals surface area contributed by atoms with Crippen LogP contribution < -0.4 is 9.46 Å². The quantitative estimate of drug-likeness (QED) is 0.822. The van der Waals surface area contributed by atoms with Crippen LogP contribution >= 0.6 is 15.9 Å². The summed E-state index contributed by atoms with van der Waals surface area (Å²) in [5.74, 6) is 0.744. The van der Waals surface area contributed by atoms with Crippen molar-refractivity contribution < 1.29 is 13.2 Å². The van der Waals surface area contributed by atoms with Gasteiger partial charge in [-0.05, 0) is 42.3 Å². The minimum absolute atomic E-state index is 0.244. The first-order chi connectivity index (χ1) is 10.5. The number of ether oxygens (including phenoxy) is 1. The van der Waals surface area contributed by atoms with Crippen molar-refractivity contribution in [3.05, 3.63) is 58.6 Å². The summed E-state index contributed by atoms with van der Waals surface area (Å²) in [6, 6.07) is 13.8. The molecule has 0 heterocycles. The summed E-state index contributed by atoms with van der Waals surface area (Å²) in [6.07, 6.45) is 0.652. The Hall–Kier alpha value is -1.37. The van der Waals surface area contributed by atoms with Crippen LogP contribution in [-0.4, -0.2) is 15.5 Å². The summed E-state index contributed by atoms with van der Waals surface area (Å²) in [5, 5.41) is 0. The van der Waals surface area contributed by atoms with Crippen molar-refractivity contribution in [1.82, 2.24) is 4.72 Å². The van der Waals surface area contributed by atoms with Gasteiger partial charge < -0.3 is 4.74 Å². The first kappa shape index (κ1) is 17.0. The van der Waals surface area contributed by atoms with Gasteiger partial charge in [-0.3, -0.25) is 0 Å². The third-order valence-electron chi connectivity index (χ3n) is 3.33. The van der Waals surface area contributed by atoms with Crippen molar-refractivity contribution >= 4 is 26.0 Å². The highest BCUT2D eigenvalue weighted by Gasteiger charge is 2.20. The summed E-state index contributed by atoms with van der Waals surface area (Å²) in [4.78, 5) is 0.244. The molecule has 1 unspecified atom stereocenters. The van der Waals surface area contributed by atoms with Gasteiger partial charge in [0.05, 0.1) is 12.0 Å². The van der Waals surface area contributed by atoms with Gasteiger partial charge in [0, 0.05) is 10.5 Å². The first-order valence-corrected chi connectivity index (χ1v) is 9.15. The predicted molar refractivity (Wildman–Crippen MR) is 90.5 cm³/mol. The highest BCUT2D eigenvalue weighted by Crippen LogP contribution is 2.23. The highest BCUT2D eigenvalue weighted by molar-refractivity contribution is 9.10. The maximum absolute atomic E-state index is 12.5. The van der Waals surface area contributed by atoms with Gasteiger partial charge in [-0.15, -0.1) is 0 Å². The topological polar surface area (TPSA) is 55.4 Å². The fraction of sp³-hybridized carbons (Fsp3) is 0.250. The van der Waals surface area contributed by atoms with Gasteiger partial charge in [-0.25, -0.2) is 13.1 Å². The Bertz CT molecular complexity index is 729. The molecular weight excluding hydrogens is 366 g/mol. The zero-order valence-corrected chi connectivity index (χ0v) is 14.8. The Morgan fingerprint density at radius 1 is 1.18 bits per heavy atom. The molecule has 0 saturated carbocycles. The van der Waals surface area contributed by atoms with E-state index >= 15 is 0 Å². The van der Waals surface area contributed by atoms with Crippen molar-refractivity contribution in [1.29, 1.82) is 0 Å². The van der Waals surface area contributed by atoms with Gasteiger partial charge >= 0.3 is 0 Å². The molecule has 118 valence electrons. The molecule has 0 spiro atoms. The van der Waals surface area contributed by atoms with E-state index in [-0.39, 0.29) is 10.9 Å². The molecule has 0 fully saturated rings. The van der Waals surface area contributed by atoms with Gasteiger partial charge in [0.25, 0.3) is 0 Å². The van der Waals surface area contributed by atoms with E-state index in [0.29, 0.717) is 6.42 Å².